The number of aromatic nitrogens is 3. The summed E-state index contributed by atoms with van der Waals surface area (Å²) < 4.78 is 34.8. The van der Waals surface area contributed by atoms with Gasteiger partial charge in [-0.05, 0) is 45.4 Å². The highest BCUT2D eigenvalue weighted by Gasteiger charge is 2.24. The third-order valence-electron chi connectivity index (χ3n) is 3.51. The van der Waals surface area contributed by atoms with E-state index in [1.165, 1.54) is 12.1 Å². The fourth-order valence-electron chi connectivity index (χ4n) is 2.25. The van der Waals surface area contributed by atoms with E-state index in [-0.39, 0.29) is 4.90 Å². The maximum Gasteiger partial charge on any atom is 0.316 e. The van der Waals surface area contributed by atoms with Crippen molar-refractivity contribution in [2.24, 2.45) is 0 Å². The predicted molar refractivity (Wildman–Crippen MR) is 91.8 cm³/mol. The lowest BCUT2D eigenvalue weighted by Crippen LogP contribution is -2.29. The lowest BCUT2D eigenvalue weighted by molar-refractivity contribution is 0.294. The van der Waals surface area contributed by atoms with Crippen molar-refractivity contribution in [2.45, 2.75) is 45.2 Å². The van der Waals surface area contributed by atoms with Crippen molar-refractivity contribution in [3.05, 3.63) is 34.6 Å². The highest BCUT2D eigenvalue weighted by Crippen LogP contribution is 2.23. The molecule has 7 nitrogen and oxygen atoms in total. The molecule has 0 bridgehead atoms. The van der Waals surface area contributed by atoms with Crippen LogP contribution in [0, 0.1) is 6.92 Å². The van der Waals surface area contributed by atoms with Crippen molar-refractivity contribution in [3.8, 4) is 6.01 Å². The molecule has 0 amide bonds. The van der Waals surface area contributed by atoms with E-state index in [2.05, 4.69) is 14.9 Å². The first-order valence-corrected chi connectivity index (χ1v) is 9.50. The number of benzene rings is 1. The summed E-state index contributed by atoms with van der Waals surface area (Å²) >= 11 is 6.02. The van der Waals surface area contributed by atoms with Crippen LogP contribution in [0.1, 0.15) is 38.2 Å². The van der Waals surface area contributed by atoms with Crippen molar-refractivity contribution in [2.75, 3.05) is 6.61 Å². The van der Waals surface area contributed by atoms with Crippen LogP contribution < -0.4 is 9.46 Å². The molecule has 132 valence electrons. The van der Waals surface area contributed by atoms with Crippen molar-refractivity contribution in [1.29, 1.82) is 0 Å². The molecule has 1 aromatic carbocycles. The molecule has 0 aliphatic heterocycles. The van der Waals surface area contributed by atoms with Gasteiger partial charge in [-0.25, -0.2) is 13.1 Å². The standard InChI is InChI=1S/C15H21ClN4O3S/c1-5-20-14(17-18-15(20)23-6-2)11(4)19-24(21,22)12-8-7-10(3)13(16)9-12/h7-9,11,19H,5-6H2,1-4H3/t11-/m1/s1. The van der Waals surface area contributed by atoms with Crippen LogP contribution in [0.15, 0.2) is 23.1 Å². The molecule has 0 aliphatic carbocycles. The summed E-state index contributed by atoms with van der Waals surface area (Å²) in [4.78, 5) is 0.109. The average molecular weight is 373 g/mol. The van der Waals surface area contributed by atoms with Crippen molar-refractivity contribution < 1.29 is 13.2 Å². The van der Waals surface area contributed by atoms with Crippen molar-refractivity contribution >= 4 is 21.6 Å². The second-order valence-corrected chi connectivity index (χ2v) is 7.39. The molecule has 0 fully saturated rings. The van der Waals surface area contributed by atoms with E-state index in [1.807, 2.05) is 20.8 Å². The minimum atomic E-state index is -3.73. The minimum absolute atomic E-state index is 0.109. The summed E-state index contributed by atoms with van der Waals surface area (Å²) in [6.45, 7) is 8.31. The molecule has 1 aromatic heterocycles. The Morgan fingerprint density at radius 1 is 1.33 bits per heavy atom. The number of aryl methyl sites for hydroxylation is 1. The first kappa shape index (κ1) is 18.7. The number of hydrogen-bond donors (Lipinski definition) is 1. The summed E-state index contributed by atoms with van der Waals surface area (Å²) in [5, 5.41) is 8.41. The molecule has 1 N–H and O–H groups in total. The number of nitrogens with zero attached hydrogens (tertiary/aromatic N) is 3. The zero-order valence-corrected chi connectivity index (χ0v) is 15.6. The van der Waals surface area contributed by atoms with Gasteiger partial charge >= 0.3 is 6.01 Å². The van der Waals surface area contributed by atoms with Gasteiger partial charge < -0.3 is 4.74 Å². The molecule has 0 saturated carbocycles. The molecule has 2 rings (SSSR count). The van der Waals surface area contributed by atoms with Crippen molar-refractivity contribution in [1.82, 2.24) is 19.5 Å². The lowest BCUT2D eigenvalue weighted by atomic mass is 10.2. The SMILES string of the molecule is CCOc1nnc([C@@H](C)NS(=O)(=O)c2ccc(C)c(Cl)c2)n1CC. The zero-order chi connectivity index (χ0) is 17.9. The summed E-state index contributed by atoms with van der Waals surface area (Å²) in [6.07, 6.45) is 0. The largest absolute Gasteiger partial charge is 0.464 e. The lowest BCUT2D eigenvalue weighted by Gasteiger charge is -2.15. The van der Waals surface area contributed by atoms with E-state index in [4.69, 9.17) is 16.3 Å². The molecule has 1 heterocycles. The number of sulfonamides is 1. The first-order valence-electron chi connectivity index (χ1n) is 7.64. The van der Waals surface area contributed by atoms with Gasteiger partial charge in [0.1, 0.15) is 0 Å². The Morgan fingerprint density at radius 2 is 2.04 bits per heavy atom. The quantitative estimate of drug-likeness (QED) is 0.807. The molecular weight excluding hydrogens is 352 g/mol. The fraction of sp³-hybridized carbons (Fsp3) is 0.467. The molecule has 0 unspecified atom stereocenters. The van der Waals surface area contributed by atoms with Crippen LogP contribution in [0.2, 0.25) is 5.02 Å². The molecule has 0 saturated heterocycles. The van der Waals surface area contributed by atoms with Crippen LogP contribution in [0.25, 0.3) is 0 Å². The van der Waals surface area contributed by atoms with Gasteiger partial charge in [0, 0.05) is 11.6 Å². The predicted octanol–water partition coefficient (Wildman–Crippen LogP) is 2.70. The van der Waals surface area contributed by atoms with Crippen LogP contribution >= 0.6 is 11.6 Å². The van der Waals surface area contributed by atoms with Crippen LogP contribution in [0.4, 0.5) is 0 Å². The number of ether oxygens (including phenoxy) is 1. The molecule has 1 atom stereocenters. The molecule has 0 aliphatic rings. The Kier molecular flexibility index (Phi) is 5.84. The second-order valence-electron chi connectivity index (χ2n) is 5.27. The van der Waals surface area contributed by atoms with Crippen LogP contribution in [0.5, 0.6) is 6.01 Å². The van der Waals surface area contributed by atoms with E-state index in [1.54, 1.807) is 17.6 Å². The van der Waals surface area contributed by atoms with Gasteiger partial charge in [0.25, 0.3) is 0 Å². The molecular formula is C15H21ClN4O3S. The third-order valence-corrected chi connectivity index (χ3v) is 5.45. The topological polar surface area (TPSA) is 86.1 Å². The average Bonchev–Trinajstić information content (AvgIpc) is 2.92. The maximum absolute atomic E-state index is 12.6. The normalized spacial score (nSPS) is 13.0. The van der Waals surface area contributed by atoms with Gasteiger partial charge in [-0.15, -0.1) is 5.10 Å². The van der Waals surface area contributed by atoms with Gasteiger partial charge in [-0.1, -0.05) is 22.8 Å². The number of halogens is 1. The maximum atomic E-state index is 12.6. The third kappa shape index (κ3) is 3.88. The highest BCUT2D eigenvalue weighted by molar-refractivity contribution is 7.89. The fourth-order valence-corrected chi connectivity index (χ4v) is 3.72. The van der Waals surface area contributed by atoms with E-state index in [0.717, 1.165) is 5.56 Å². The number of hydrogen-bond acceptors (Lipinski definition) is 5. The summed E-state index contributed by atoms with van der Waals surface area (Å²) in [6, 6.07) is 4.42. The summed E-state index contributed by atoms with van der Waals surface area (Å²) in [5.74, 6) is 0.489. The van der Waals surface area contributed by atoms with E-state index < -0.39 is 16.1 Å². The molecule has 0 spiro atoms. The van der Waals surface area contributed by atoms with Gasteiger partial charge in [0.15, 0.2) is 5.82 Å². The minimum Gasteiger partial charge on any atom is -0.464 e. The summed E-state index contributed by atoms with van der Waals surface area (Å²) in [7, 11) is -3.73. The molecule has 24 heavy (non-hydrogen) atoms. The van der Waals surface area contributed by atoms with E-state index in [9.17, 15) is 8.42 Å². The van der Waals surface area contributed by atoms with Crippen molar-refractivity contribution in [3.63, 3.8) is 0 Å². The Labute approximate surface area is 147 Å². The number of rotatable bonds is 7. The van der Waals surface area contributed by atoms with Crippen LogP contribution in [-0.4, -0.2) is 29.8 Å². The van der Waals surface area contributed by atoms with Crippen LogP contribution in [0.3, 0.4) is 0 Å². The first-order chi connectivity index (χ1) is 11.3. The Morgan fingerprint density at radius 3 is 2.62 bits per heavy atom. The zero-order valence-electron chi connectivity index (χ0n) is 14.1. The Hall–Kier alpha value is -1.64. The highest BCUT2D eigenvalue weighted by atomic mass is 35.5. The van der Waals surface area contributed by atoms with Gasteiger partial charge in [-0.3, -0.25) is 4.57 Å². The summed E-state index contributed by atoms with van der Waals surface area (Å²) in [5.41, 5.74) is 0.816. The van der Waals surface area contributed by atoms with Gasteiger partial charge in [0.2, 0.25) is 10.0 Å². The second kappa shape index (κ2) is 7.50. The van der Waals surface area contributed by atoms with E-state index >= 15 is 0 Å². The van der Waals surface area contributed by atoms with Gasteiger partial charge in [-0.2, -0.15) is 0 Å². The Bertz CT molecular complexity index is 820. The van der Waals surface area contributed by atoms with Gasteiger partial charge in [0.05, 0.1) is 17.5 Å². The number of nitrogens with one attached hydrogen (secondary N) is 1. The molecule has 0 radical (unpaired) electrons. The van der Waals surface area contributed by atoms with E-state index in [0.29, 0.717) is 30.0 Å². The smallest absolute Gasteiger partial charge is 0.316 e. The molecule has 9 heteroatoms. The van der Waals surface area contributed by atoms with Crippen LogP contribution in [-0.2, 0) is 16.6 Å². The monoisotopic (exact) mass is 372 g/mol. The Balaban J connectivity index is 2.28. The molecule has 2 aromatic rings.